The van der Waals surface area contributed by atoms with Gasteiger partial charge in [-0.25, -0.2) is 0 Å². The maximum absolute atomic E-state index is 14.2. The quantitative estimate of drug-likeness (QED) is 0.0649. The van der Waals surface area contributed by atoms with Gasteiger partial charge in [-0.15, -0.1) is 0 Å². The van der Waals surface area contributed by atoms with Crippen LogP contribution in [0, 0.1) is 52.3 Å². The number of aliphatic hydroxyl groups is 3. The van der Waals surface area contributed by atoms with Crippen molar-refractivity contribution in [2.45, 2.75) is 239 Å². The first-order valence-corrected chi connectivity index (χ1v) is 25.0. The molecule has 4 fully saturated rings. The lowest BCUT2D eigenvalue weighted by Gasteiger charge is -2.58. The number of esters is 1. The van der Waals surface area contributed by atoms with Gasteiger partial charge in [0.05, 0.1) is 6.10 Å². The fourth-order valence-electron chi connectivity index (χ4n) is 13.0. The molecule has 3 saturated carbocycles. The van der Waals surface area contributed by atoms with Gasteiger partial charge < -0.3 is 29.5 Å². The van der Waals surface area contributed by atoms with E-state index in [9.17, 15) is 24.9 Å². The summed E-state index contributed by atoms with van der Waals surface area (Å²) >= 11 is 0. The first-order chi connectivity index (χ1) is 28.2. The molecule has 1 heterocycles. The zero-order valence-corrected chi connectivity index (χ0v) is 38.6. The smallest absolute Gasteiger partial charge is 0.305 e. The fraction of sp³-hybridized carbons (Fsp3) is 0.922. The minimum atomic E-state index is -1.50. The van der Waals surface area contributed by atoms with Gasteiger partial charge in [-0.1, -0.05) is 144 Å². The van der Waals surface area contributed by atoms with Crippen LogP contribution in [0.1, 0.15) is 203 Å². The van der Waals surface area contributed by atoms with Crippen molar-refractivity contribution in [1.82, 2.24) is 0 Å². The van der Waals surface area contributed by atoms with E-state index in [4.69, 9.17) is 14.2 Å². The molecule has 0 radical (unpaired) electrons. The standard InChI is InChI=1S/C51H88O8/c1-8-10-11-12-13-14-15-16-17-18-19-20-21-22-44(53)57-33-43-46(54)47(55)48(56)49(59-43)58-38-27-29-50(6)37(31-38)32-42(52)45-40-26-25-39(51(40,7)30-28-41(45)50)35(5)23-24-36(9-2)34(3)4/h32,34-36,38-41,43,45-49,54-56H,8-31,33H2,1-7H3/t35-,36-,38+,39-,40+,41+,43-,45+,46-,47+,48-,49-,50+,51-/m1/s1. The Morgan fingerprint density at radius 3 is 2.07 bits per heavy atom. The molecule has 3 N–H and O–H groups in total. The van der Waals surface area contributed by atoms with Gasteiger partial charge in [0, 0.05) is 12.3 Å². The summed E-state index contributed by atoms with van der Waals surface area (Å²) < 4.78 is 17.9. The predicted molar refractivity (Wildman–Crippen MR) is 235 cm³/mol. The Morgan fingerprint density at radius 1 is 0.797 bits per heavy atom. The minimum Gasteiger partial charge on any atom is -0.463 e. The summed E-state index contributed by atoms with van der Waals surface area (Å²) in [4.78, 5) is 26.8. The molecule has 0 unspecified atom stereocenters. The molecule has 0 spiro atoms. The van der Waals surface area contributed by atoms with Crippen LogP contribution in [-0.2, 0) is 23.8 Å². The molecule has 1 saturated heterocycles. The van der Waals surface area contributed by atoms with E-state index in [1.54, 1.807) is 0 Å². The van der Waals surface area contributed by atoms with Crippen molar-refractivity contribution in [3.63, 3.8) is 0 Å². The van der Waals surface area contributed by atoms with Gasteiger partial charge >= 0.3 is 5.97 Å². The Balaban J connectivity index is 1.06. The highest BCUT2D eigenvalue weighted by Gasteiger charge is 2.61. The van der Waals surface area contributed by atoms with E-state index in [1.165, 1.54) is 96.3 Å². The van der Waals surface area contributed by atoms with Crippen LogP contribution in [0.25, 0.3) is 0 Å². The van der Waals surface area contributed by atoms with Crippen molar-refractivity contribution in [2.75, 3.05) is 6.61 Å². The van der Waals surface area contributed by atoms with Gasteiger partial charge in [0.1, 0.15) is 31.0 Å². The van der Waals surface area contributed by atoms with Crippen molar-refractivity contribution in [3.05, 3.63) is 11.6 Å². The average molecular weight is 829 g/mol. The fourth-order valence-corrected chi connectivity index (χ4v) is 13.0. The summed E-state index contributed by atoms with van der Waals surface area (Å²) in [6, 6.07) is 0. The molecule has 1 aliphatic heterocycles. The van der Waals surface area contributed by atoms with Crippen LogP contribution in [0.5, 0.6) is 0 Å². The lowest BCUT2D eigenvalue weighted by Crippen LogP contribution is -2.60. The molecule has 4 aliphatic carbocycles. The third-order valence-electron chi connectivity index (χ3n) is 17.0. The van der Waals surface area contributed by atoms with Crippen LogP contribution in [0.4, 0.5) is 0 Å². The molecule has 8 nitrogen and oxygen atoms in total. The molecule has 0 aromatic rings. The van der Waals surface area contributed by atoms with Crippen LogP contribution < -0.4 is 0 Å². The third-order valence-corrected chi connectivity index (χ3v) is 17.0. The number of ketones is 1. The number of ether oxygens (including phenoxy) is 3. The molecule has 5 aliphatic rings. The van der Waals surface area contributed by atoms with Gasteiger partial charge in [0.25, 0.3) is 0 Å². The molecule has 14 atom stereocenters. The zero-order valence-electron chi connectivity index (χ0n) is 38.6. The molecule has 0 amide bonds. The molecule has 5 rings (SSSR count). The van der Waals surface area contributed by atoms with Crippen LogP contribution >= 0.6 is 0 Å². The van der Waals surface area contributed by atoms with Crippen molar-refractivity contribution in [2.24, 2.45) is 52.3 Å². The maximum atomic E-state index is 14.2. The summed E-state index contributed by atoms with van der Waals surface area (Å²) in [5.41, 5.74) is 1.30. The Morgan fingerprint density at radius 2 is 1.44 bits per heavy atom. The highest BCUT2D eigenvalue weighted by Crippen LogP contribution is 2.67. The first kappa shape index (κ1) is 48.7. The second kappa shape index (κ2) is 22.9. The van der Waals surface area contributed by atoms with Crippen molar-refractivity contribution in [1.29, 1.82) is 0 Å². The Hall–Kier alpha value is -1.32. The summed E-state index contributed by atoms with van der Waals surface area (Å²) in [7, 11) is 0. The topological polar surface area (TPSA) is 123 Å². The third kappa shape index (κ3) is 12.0. The van der Waals surface area contributed by atoms with E-state index in [1.807, 2.05) is 6.08 Å². The number of allylic oxidation sites excluding steroid dienone is 1. The van der Waals surface area contributed by atoms with Gasteiger partial charge in [0.2, 0.25) is 0 Å². The van der Waals surface area contributed by atoms with E-state index in [0.717, 1.165) is 62.4 Å². The average Bonchev–Trinajstić information content (AvgIpc) is 3.57. The predicted octanol–water partition coefficient (Wildman–Crippen LogP) is 11.1. The molecule has 0 bridgehead atoms. The lowest BCUT2D eigenvalue weighted by atomic mass is 9.46. The number of carbonyl (C=O) groups excluding carboxylic acids is 2. The van der Waals surface area contributed by atoms with E-state index in [0.29, 0.717) is 42.3 Å². The molecule has 0 aromatic heterocycles. The minimum absolute atomic E-state index is 0.0686. The van der Waals surface area contributed by atoms with Crippen LogP contribution in [0.3, 0.4) is 0 Å². The normalized spacial score (nSPS) is 36.7. The van der Waals surface area contributed by atoms with E-state index < -0.39 is 30.7 Å². The summed E-state index contributed by atoms with van der Waals surface area (Å²) in [6.07, 6.45) is 22.2. The van der Waals surface area contributed by atoms with Crippen LogP contribution in [0.15, 0.2) is 11.6 Å². The maximum Gasteiger partial charge on any atom is 0.305 e. The molecule has 0 aromatic carbocycles. The van der Waals surface area contributed by atoms with Gasteiger partial charge in [-0.3, -0.25) is 9.59 Å². The number of carbonyl (C=O) groups is 2. The highest BCUT2D eigenvalue weighted by atomic mass is 16.7. The second-order valence-electron chi connectivity index (χ2n) is 21.1. The molecule has 340 valence electrons. The van der Waals surface area contributed by atoms with Crippen molar-refractivity contribution < 1.29 is 39.1 Å². The van der Waals surface area contributed by atoms with E-state index in [-0.39, 0.29) is 35.4 Å². The van der Waals surface area contributed by atoms with Crippen LogP contribution in [0.2, 0.25) is 0 Å². The number of hydrogen-bond donors (Lipinski definition) is 3. The number of hydrogen-bond acceptors (Lipinski definition) is 8. The second-order valence-corrected chi connectivity index (χ2v) is 21.1. The van der Waals surface area contributed by atoms with E-state index in [2.05, 4.69) is 48.5 Å². The number of unbranched alkanes of at least 4 members (excludes halogenated alkanes) is 12. The zero-order chi connectivity index (χ0) is 42.7. The van der Waals surface area contributed by atoms with Gasteiger partial charge in [0.15, 0.2) is 12.1 Å². The highest BCUT2D eigenvalue weighted by molar-refractivity contribution is 5.94. The first-order valence-electron chi connectivity index (χ1n) is 25.0. The lowest BCUT2D eigenvalue weighted by molar-refractivity contribution is -0.313. The van der Waals surface area contributed by atoms with Crippen molar-refractivity contribution >= 4 is 11.8 Å². The van der Waals surface area contributed by atoms with Crippen LogP contribution in [-0.4, -0.2) is 70.5 Å². The monoisotopic (exact) mass is 829 g/mol. The largest absolute Gasteiger partial charge is 0.463 e. The number of aliphatic hydroxyl groups excluding tert-OH is 3. The summed E-state index contributed by atoms with van der Waals surface area (Å²) in [6.45, 7) is 16.5. The molecule has 8 heteroatoms. The SMILES string of the molecule is CCCCCCCCCCCCCCCC(=O)OC[C@H]1O[C@@H](O[C@H]2CC[C@@]3(C)C(=CC(=O)[C@H]4[C@@H]5CC[C@H]([C@H](C)CC[C@@H](CC)C(C)C)[C@@]5(C)CC[C@@H]43)C2)[C@H](O)[C@@H](O)[C@@H]1O. The number of fused-ring (bicyclic) bond motifs is 5. The Labute approximate surface area is 359 Å². The summed E-state index contributed by atoms with van der Waals surface area (Å²) in [5, 5.41) is 32.5. The Bertz CT molecular complexity index is 1330. The Kier molecular flexibility index (Phi) is 18.9. The number of rotatable bonds is 24. The molecular formula is C51H88O8. The van der Waals surface area contributed by atoms with E-state index >= 15 is 0 Å². The van der Waals surface area contributed by atoms with Gasteiger partial charge in [-0.05, 0) is 110 Å². The van der Waals surface area contributed by atoms with Crippen molar-refractivity contribution in [3.8, 4) is 0 Å². The van der Waals surface area contributed by atoms with Gasteiger partial charge in [-0.2, -0.15) is 0 Å². The summed E-state index contributed by atoms with van der Waals surface area (Å²) in [5.74, 6) is 3.69. The molecule has 59 heavy (non-hydrogen) atoms. The molecular weight excluding hydrogens is 741 g/mol.